The summed E-state index contributed by atoms with van der Waals surface area (Å²) in [4.78, 5) is 24.0. The molecule has 25 heavy (non-hydrogen) atoms. The fraction of sp³-hybridized carbons (Fsp3) is 0.263. The van der Waals surface area contributed by atoms with Gasteiger partial charge in [-0.25, -0.2) is 15.6 Å². The number of hydrogen-bond donors (Lipinski definition) is 3. The predicted octanol–water partition coefficient (Wildman–Crippen LogP) is 2.33. The van der Waals surface area contributed by atoms with E-state index in [4.69, 9.17) is 4.74 Å². The van der Waals surface area contributed by atoms with Gasteiger partial charge in [-0.1, -0.05) is 35.9 Å². The number of methoxy groups -OCH3 is 1. The Labute approximate surface area is 146 Å². The topological polar surface area (TPSA) is 79.5 Å². The molecule has 1 saturated heterocycles. The first-order chi connectivity index (χ1) is 12.1. The average Bonchev–Trinajstić information content (AvgIpc) is 3.12. The van der Waals surface area contributed by atoms with E-state index in [-0.39, 0.29) is 18.0 Å². The molecule has 1 aliphatic rings. The fourth-order valence-electron chi connectivity index (χ4n) is 2.82. The van der Waals surface area contributed by atoms with Crippen LogP contribution in [0, 0.1) is 6.92 Å². The number of amides is 1. The Kier molecular flexibility index (Phi) is 5.11. The molecule has 3 N–H and O–H groups in total. The molecule has 0 bridgehead atoms. The van der Waals surface area contributed by atoms with Gasteiger partial charge in [0.15, 0.2) is 0 Å². The van der Waals surface area contributed by atoms with Gasteiger partial charge in [-0.2, -0.15) is 0 Å². The molecule has 0 aliphatic carbocycles. The van der Waals surface area contributed by atoms with Crippen LogP contribution in [-0.2, 0) is 9.53 Å². The van der Waals surface area contributed by atoms with Crippen LogP contribution in [0.15, 0.2) is 48.5 Å². The molecule has 1 fully saturated rings. The monoisotopic (exact) mass is 339 g/mol. The Morgan fingerprint density at radius 1 is 1.12 bits per heavy atom. The third-order valence-corrected chi connectivity index (χ3v) is 4.25. The van der Waals surface area contributed by atoms with Crippen LogP contribution >= 0.6 is 0 Å². The normalized spacial score (nSPS) is 19.4. The first-order valence-corrected chi connectivity index (χ1v) is 8.13. The Hall–Kier alpha value is -2.70. The van der Waals surface area contributed by atoms with Crippen LogP contribution in [0.3, 0.4) is 0 Å². The largest absolute Gasteiger partial charge is 0.465 e. The van der Waals surface area contributed by atoms with Gasteiger partial charge >= 0.3 is 5.97 Å². The molecule has 6 heteroatoms. The van der Waals surface area contributed by atoms with Crippen molar-refractivity contribution in [1.29, 1.82) is 0 Å². The zero-order chi connectivity index (χ0) is 17.8. The highest BCUT2D eigenvalue weighted by Gasteiger charge is 2.30. The highest BCUT2D eigenvalue weighted by Crippen LogP contribution is 2.23. The molecule has 130 valence electrons. The second kappa shape index (κ2) is 7.46. The van der Waals surface area contributed by atoms with Crippen molar-refractivity contribution >= 4 is 17.6 Å². The Bertz CT molecular complexity index is 774. The molecule has 6 nitrogen and oxygen atoms in total. The molecule has 0 spiro atoms. The van der Waals surface area contributed by atoms with E-state index in [9.17, 15) is 9.59 Å². The first-order valence-electron chi connectivity index (χ1n) is 8.13. The summed E-state index contributed by atoms with van der Waals surface area (Å²) in [7, 11) is 1.33. The number of nitrogens with one attached hydrogen (secondary N) is 3. The third-order valence-electron chi connectivity index (χ3n) is 4.25. The van der Waals surface area contributed by atoms with E-state index in [1.165, 1.54) is 12.7 Å². The lowest BCUT2D eigenvalue weighted by molar-refractivity contribution is -0.117. The number of anilines is 1. The number of carbonyl (C=O) groups excluding carboxylic acids is 2. The van der Waals surface area contributed by atoms with Crippen molar-refractivity contribution in [3.05, 3.63) is 65.2 Å². The van der Waals surface area contributed by atoms with Gasteiger partial charge < -0.3 is 10.1 Å². The lowest BCUT2D eigenvalue weighted by Crippen LogP contribution is -2.39. The van der Waals surface area contributed by atoms with Gasteiger partial charge in [0.1, 0.15) is 6.04 Å². The smallest absolute Gasteiger partial charge is 0.337 e. The number of hydrazine groups is 1. The van der Waals surface area contributed by atoms with Crippen molar-refractivity contribution in [1.82, 2.24) is 10.9 Å². The van der Waals surface area contributed by atoms with E-state index in [1.807, 2.05) is 6.92 Å². The van der Waals surface area contributed by atoms with E-state index in [2.05, 4.69) is 40.4 Å². The van der Waals surface area contributed by atoms with Crippen molar-refractivity contribution in [2.24, 2.45) is 0 Å². The molecule has 2 unspecified atom stereocenters. The molecular formula is C19H21N3O3. The molecule has 2 aromatic carbocycles. The van der Waals surface area contributed by atoms with Crippen molar-refractivity contribution in [2.45, 2.75) is 25.4 Å². The maximum atomic E-state index is 12.5. The van der Waals surface area contributed by atoms with Crippen LogP contribution in [-0.4, -0.2) is 25.0 Å². The molecule has 0 saturated carbocycles. The van der Waals surface area contributed by atoms with Gasteiger partial charge in [-0.05, 0) is 37.1 Å². The number of aryl methyl sites for hydroxylation is 1. The maximum Gasteiger partial charge on any atom is 0.337 e. The van der Waals surface area contributed by atoms with Crippen molar-refractivity contribution < 1.29 is 14.3 Å². The van der Waals surface area contributed by atoms with Crippen molar-refractivity contribution in [2.75, 3.05) is 12.4 Å². The summed E-state index contributed by atoms with van der Waals surface area (Å²) in [6, 6.07) is 14.7. The first kappa shape index (κ1) is 17.1. The number of ether oxygens (including phenoxy) is 1. The van der Waals surface area contributed by atoms with E-state index >= 15 is 0 Å². The number of rotatable bonds is 4. The molecule has 1 aliphatic heterocycles. The number of benzene rings is 2. The van der Waals surface area contributed by atoms with Crippen LogP contribution in [0.4, 0.5) is 5.69 Å². The zero-order valence-corrected chi connectivity index (χ0v) is 14.2. The Morgan fingerprint density at radius 3 is 2.60 bits per heavy atom. The number of carbonyl (C=O) groups is 2. The predicted molar refractivity (Wildman–Crippen MR) is 95.0 cm³/mol. The summed E-state index contributed by atoms with van der Waals surface area (Å²) >= 11 is 0. The summed E-state index contributed by atoms with van der Waals surface area (Å²) in [5.74, 6) is -0.583. The SMILES string of the molecule is COC(=O)c1cccc(NC(=O)C2CC(c3ccc(C)cc3)NN2)c1. The summed E-state index contributed by atoms with van der Waals surface area (Å²) < 4.78 is 4.69. The number of esters is 1. The summed E-state index contributed by atoms with van der Waals surface area (Å²) in [6.45, 7) is 2.04. The summed E-state index contributed by atoms with van der Waals surface area (Å²) in [5, 5.41) is 2.84. The van der Waals surface area contributed by atoms with Crippen LogP contribution in [0.1, 0.15) is 33.9 Å². The van der Waals surface area contributed by atoms with Gasteiger partial charge in [-0.3, -0.25) is 4.79 Å². The highest BCUT2D eigenvalue weighted by molar-refractivity contribution is 5.97. The average molecular weight is 339 g/mol. The molecule has 2 atom stereocenters. The molecular weight excluding hydrogens is 318 g/mol. The molecule has 0 aromatic heterocycles. The Morgan fingerprint density at radius 2 is 1.88 bits per heavy atom. The summed E-state index contributed by atoms with van der Waals surface area (Å²) in [6.07, 6.45) is 0.644. The molecule has 2 aromatic rings. The van der Waals surface area contributed by atoms with E-state index < -0.39 is 5.97 Å². The lowest BCUT2D eigenvalue weighted by atomic mass is 10.0. The van der Waals surface area contributed by atoms with Crippen LogP contribution in [0.5, 0.6) is 0 Å². The standard InChI is InChI=1S/C19H21N3O3/c1-12-6-8-13(9-7-12)16-11-17(22-21-16)18(23)20-15-5-3-4-14(10-15)19(24)25-2/h3-10,16-17,21-22H,11H2,1-2H3,(H,20,23). The van der Waals surface area contributed by atoms with Gasteiger partial charge in [0.2, 0.25) is 5.91 Å². The molecule has 1 amide bonds. The van der Waals surface area contributed by atoms with Crippen molar-refractivity contribution in [3.63, 3.8) is 0 Å². The minimum Gasteiger partial charge on any atom is -0.465 e. The lowest BCUT2D eigenvalue weighted by Gasteiger charge is -2.11. The Balaban J connectivity index is 1.63. The van der Waals surface area contributed by atoms with Gasteiger partial charge in [0, 0.05) is 11.7 Å². The van der Waals surface area contributed by atoms with Gasteiger partial charge in [-0.15, -0.1) is 0 Å². The molecule has 0 radical (unpaired) electrons. The van der Waals surface area contributed by atoms with Gasteiger partial charge in [0.25, 0.3) is 0 Å². The van der Waals surface area contributed by atoms with E-state index in [1.54, 1.807) is 24.3 Å². The van der Waals surface area contributed by atoms with Gasteiger partial charge in [0.05, 0.1) is 12.7 Å². The third kappa shape index (κ3) is 4.04. The second-order valence-electron chi connectivity index (χ2n) is 6.10. The maximum absolute atomic E-state index is 12.5. The fourth-order valence-corrected chi connectivity index (χ4v) is 2.82. The molecule has 3 rings (SSSR count). The van der Waals surface area contributed by atoms with E-state index in [0.717, 1.165) is 5.56 Å². The minimum atomic E-state index is -0.434. The van der Waals surface area contributed by atoms with Crippen LogP contribution in [0.2, 0.25) is 0 Å². The van der Waals surface area contributed by atoms with Crippen LogP contribution in [0.25, 0.3) is 0 Å². The second-order valence-corrected chi connectivity index (χ2v) is 6.10. The zero-order valence-electron chi connectivity index (χ0n) is 14.2. The number of hydrogen-bond acceptors (Lipinski definition) is 5. The molecule has 1 heterocycles. The summed E-state index contributed by atoms with van der Waals surface area (Å²) in [5.41, 5.74) is 9.50. The quantitative estimate of drug-likeness (QED) is 0.745. The van der Waals surface area contributed by atoms with Crippen LogP contribution < -0.4 is 16.2 Å². The van der Waals surface area contributed by atoms with E-state index in [0.29, 0.717) is 17.7 Å². The highest BCUT2D eigenvalue weighted by atomic mass is 16.5. The van der Waals surface area contributed by atoms with Crippen molar-refractivity contribution in [3.8, 4) is 0 Å². The minimum absolute atomic E-state index is 0.0813.